The van der Waals surface area contributed by atoms with Crippen LogP contribution >= 0.6 is 0 Å². The highest BCUT2D eigenvalue weighted by molar-refractivity contribution is 4.96. The molecule has 0 aromatic rings. The number of methoxy groups -OCH3 is 1. The summed E-state index contributed by atoms with van der Waals surface area (Å²) >= 11 is 0. The number of nitrogens with zero attached hydrogens (tertiary/aromatic N) is 1. The molecule has 1 N–H and O–H groups in total. The third-order valence-corrected chi connectivity index (χ3v) is 3.98. The van der Waals surface area contributed by atoms with Crippen LogP contribution in [0.25, 0.3) is 0 Å². The van der Waals surface area contributed by atoms with Crippen LogP contribution in [0.2, 0.25) is 0 Å². The van der Waals surface area contributed by atoms with Crippen LogP contribution in [-0.2, 0) is 9.47 Å². The Morgan fingerprint density at radius 3 is 2.47 bits per heavy atom. The van der Waals surface area contributed by atoms with E-state index in [4.69, 9.17) is 9.47 Å². The summed E-state index contributed by atoms with van der Waals surface area (Å²) in [6.45, 7) is 12.2. The first-order valence-electron chi connectivity index (χ1n) is 6.74. The maximum Gasteiger partial charge on any atom is 0.0633 e. The van der Waals surface area contributed by atoms with Gasteiger partial charge in [0.05, 0.1) is 19.8 Å². The summed E-state index contributed by atoms with van der Waals surface area (Å²) in [4.78, 5) is 2.54. The zero-order valence-corrected chi connectivity index (χ0v) is 11.8. The molecule has 0 aromatic carbocycles. The molecule has 1 rings (SSSR count). The van der Waals surface area contributed by atoms with Gasteiger partial charge in [-0.1, -0.05) is 13.8 Å². The van der Waals surface area contributed by atoms with Crippen LogP contribution in [0.5, 0.6) is 0 Å². The third kappa shape index (κ3) is 3.65. The summed E-state index contributed by atoms with van der Waals surface area (Å²) in [5, 5.41) is 3.56. The topological polar surface area (TPSA) is 33.7 Å². The number of likely N-dealkylation sites (N-methyl/N-ethyl adjacent to an activating group) is 1. The lowest BCUT2D eigenvalue weighted by Gasteiger charge is -2.47. The molecule has 102 valence electrons. The molecule has 0 aromatic heterocycles. The third-order valence-electron chi connectivity index (χ3n) is 3.98. The van der Waals surface area contributed by atoms with Crippen LogP contribution in [0.4, 0.5) is 0 Å². The van der Waals surface area contributed by atoms with E-state index in [0.717, 1.165) is 45.9 Å². The predicted octanol–water partition coefficient (Wildman–Crippen LogP) is 1.11. The Labute approximate surface area is 106 Å². The average Bonchev–Trinajstić information content (AvgIpc) is 2.38. The van der Waals surface area contributed by atoms with Crippen molar-refractivity contribution in [1.29, 1.82) is 0 Å². The fourth-order valence-electron chi connectivity index (χ4n) is 2.64. The van der Waals surface area contributed by atoms with Crippen molar-refractivity contribution in [2.24, 2.45) is 0 Å². The first-order valence-corrected chi connectivity index (χ1v) is 6.74. The van der Waals surface area contributed by atoms with E-state index in [1.165, 1.54) is 0 Å². The smallest absolute Gasteiger partial charge is 0.0633 e. The van der Waals surface area contributed by atoms with Gasteiger partial charge in [-0.15, -0.1) is 0 Å². The minimum Gasteiger partial charge on any atom is -0.383 e. The van der Waals surface area contributed by atoms with Gasteiger partial charge in [0.2, 0.25) is 0 Å². The van der Waals surface area contributed by atoms with E-state index in [1.54, 1.807) is 7.11 Å². The monoisotopic (exact) mass is 244 g/mol. The second kappa shape index (κ2) is 7.31. The van der Waals surface area contributed by atoms with Gasteiger partial charge in [0.25, 0.3) is 0 Å². The largest absolute Gasteiger partial charge is 0.383 e. The first-order chi connectivity index (χ1) is 8.19. The molecule has 0 spiro atoms. The number of nitrogens with one attached hydrogen (secondary N) is 1. The Hall–Kier alpha value is -0.160. The summed E-state index contributed by atoms with van der Waals surface area (Å²) in [7, 11) is 1.78. The van der Waals surface area contributed by atoms with Crippen molar-refractivity contribution in [3.8, 4) is 0 Å². The minimum absolute atomic E-state index is 0.149. The van der Waals surface area contributed by atoms with Crippen molar-refractivity contribution in [3.63, 3.8) is 0 Å². The molecule has 1 saturated heterocycles. The molecule has 2 atom stereocenters. The van der Waals surface area contributed by atoms with Gasteiger partial charge in [-0.3, -0.25) is 4.90 Å². The Bertz CT molecular complexity index is 202. The zero-order valence-electron chi connectivity index (χ0n) is 11.8. The van der Waals surface area contributed by atoms with Crippen LogP contribution in [0, 0.1) is 0 Å². The maximum absolute atomic E-state index is 5.45. The molecule has 4 nitrogen and oxygen atoms in total. The number of hydrogen-bond donors (Lipinski definition) is 1. The summed E-state index contributed by atoms with van der Waals surface area (Å²) in [5.74, 6) is 0. The van der Waals surface area contributed by atoms with Gasteiger partial charge in [-0.05, 0) is 19.9 Å². The van der Waals surface area contributed by atoms with Crippen molar-refractivity contribution in [1.82, 2.24) is 10.2 Å². The lowest BCUT2D eigenvalue weighted by atomic mass is 9.87. The average molecular weight is 244 g/mol. The molecule has 17 heavy (non-hydrogen) atoms. The van der Waals surface area contributed by atoms with E-state index in [-0.39, 0.29) is 5.54 Å². The Kier molecular flexibility index (Phi) is 6.41. The molecule has 0 aliphatic carbocycles. The van der Waals surface area contributed by atoms with Gasteiger partial charge in [-0.2, -0.15) is 0 Å². The zero-order chi connectivity index (χ0) is 12.7. The highest BCUT2D eigenvalue weighted by Crippen LogP contribution is 2.25. The Morgan fingerprint density at radius 2 is 2.00 bits per heavy atom. The first kappa shape index (κ1) is 14.9. The van der Waals surface area contributed by atoms with Gasteiger partial charge >= 0.3 is 0 Å². The fraction of sp³-hybridized carbons (Fsp3) is 1.00. The molecule has 0 saturated carbocycles. The number of morpholine rings is 1. The number of ether oxygens (including phenoxy) is 2. The van der Waals surface area contributed by atoms with Crippen LogP contribution in [0.1, 0.15) is 27.2 Å². The summed E-state index contributed by atoms with van der Waals surface area (Å²) in [6, 6.07) is 0.376. The van der Waals surface area contributed by atoms with Gasteiger partial charge in [0.1, 0.15) is 0 Å². The molecule has 0 bridgehead atoms. The van der Waals surface area contributed by atoms with E-state index < -0.39 is 0 Å². The van der Waals surface area contributed by atoms with E-state index in [1.807, 2.05) is 0 Å². The standard InChI is InChI=1S/C13H28N2O2/c1-5-13(3,12(11-16-4)14-6-2)15-7-9-17-10-8-15/h12,14H,5-11H2,1-4H3. The molecule has 1 heterocycles. The fourth-order valence-corrected chi connectivity index (χ4v) is 2.64. The lowest BCUT2D eigenvalue weighted by Crippen LogP contribution is -2.63. The number of hydrogen-bond acceptors (Lipinski definition) is 4. The normalized spacial score (nSPS) is 23.3. The minimum atomic E-state index is 0.149. The molecule has 1 fully saturated rings. The van der Waals surface area contributed by atoms with Crippen LogP contribution < -0.4 is 5.32 Å². The summed E-state index contributed by atoms with van der Waals surface area (Å²) in [5.41, 5.74) is 0.149. The molecule has 1 aliphatic heterocycles. The highest BCUT2D eigenvalue weighted by atomic mass is 16.5. The van der Waals surface area contributed by atoms with E-state index in [2.05, 4.69) is 31.0 Å². The van der Waals surface area contributed by atoms with Gasteiger partial charge in [0.15, 0.2) is 0 Å². The van der Waals surface area contributed by atoms with Crippen LogP contribution in [0.15, 0.2) is 0 Å². The van der Waals surface area contributed by atoms with Crippen molar-refractivity contribution in [3.05, 3.63) is 0 Å². The quantitative estimate of drug-likeness (QED) is 0.727. The second-order valence-corrected chi connectivity index (χ2v) is 4.88. The number of rotatable bonds is 7. The maximum atomic E-state index is 5.45. The molecule has 4 heteroatoms. The van der Waals surface area contributed by atoms with Crippen LogP contribution in [0.3, 0.4) is 0 Å². The second-order valence-electron chi connectivity index (χ2n) is 4.88. The highest BCUT2D eigenvalue weighted by Gasteiger charge is 2.38. The molecular formula is C13H28N2O2. The lowest BCUT2D eigenvalue weighted by molar-refractivity contribution is -0.0427. The molecule has 2 unspecified atom stereocenters. The van der Waals surface area contributed by atoms with E-state index in [0.29, 0.717) is 6.04 Å². The van der Waals surface area contributed by atoms with Gasteiger partial charge in [-0.25, -0.2) is 0 Å². The molecule has 0 amide bonds. The summed E-state index contributed by atoms with van der Waals surface area (Å²) in [6.07, 6.45) is 1.12. The van der Waals surface area contributed by atoms with E-state index in [9.17, 15) is 0 Å². The molecule has 1 aliphatic rings. The SMILES string of the molecule is CCNC(COC)C(C)(CC)N1CCOCC1. The Balaban J connectivity index is 2.73. The van der Waals surface area contributed by atoms with Gasteiger partial charge in [0, 0.05) is 31.8 Å². The van der Waals surface area contributed by atoms with Crippen molar-refractivity contribution in [2.75, 3.05) is 46.6 Å². The molecular weight excluding hydrogens is 216 g/mol. The van der Waals surface area contributed by atoms with Crippen molar-refractivity contribution < 1.29 is 9.47 Å². The molecule has 0 radical (unpaired) electrons. The van der Waals surface area contributed by atoms with Gasteiger partial charge < -0.3 is 14.8 Å². The van der Waals surface area contributed by atoms with Crippen molar-refractivity contribution in [2.45, 2.75) is 38.8 Å². The van der Waals surface area contributed by atoms with Crippen LogP contribution in [-0.4, -0.2) is 63.0 Å². The Morgan fingerprint density at radius 1 is 1.35 bits per heavy atom. The van der Waals surface area contributed by atoms with E-state index >= 15 is 0 Å². The van der Waals surface area contributed by atoms with Crippen molar-refractivity contribution >= 4 is 0 Å². The predicted molar refractivity (Wildman–Crippen MR) is 70.4 cm³/mol. The summed E-state index contributed by atoms with van der Waals surface area (Å²) < 4.78 is 10.8.